The van der Waals surface area contributed by atoms with E-state index in [4.69, 9.17) is 23.2 Å². The fraction of sp³-hybridized carbons (Fsp3) is 0.100. The van der Waals surface area contributed by atoms with E-state index in [1.807, 2.05) is 0 Å². The van der Waals surface area contributed by atoms with Gasteiger partial charge in [0.2, 0.25) is 15.9 Å². The molecule has 1 aromatic rings. The SMILES string of the molecule is C=CC(=O)NCNS(=O)(=O)c1ccc(Cl)cc1Cl. The largest absolute Gasteiger partial charge is 0.339 e. The van der Waals surface area contributed by atoms with E-state index in [2.05, 4.69) is 16.6 Å². The maximum atomic E-state index is 11.8. The molecular formula is C10H10Cl2N2O3S. The summed E-state index contributed by atoms with van der Waals surface area (Å²) < 4.78 is 25.8. The first-order valence-electron chi connectivity index (χ1n) is 4.72. The van der Waals surface area contributed by atoms with Crippen molar-refractivity contribution in [2.24, 2.45) is 0 Å². The Balaban J connectivity index is 2.80. The number of halogens is 2. The number of benzene rings is 1. The Kier molecular flexibility index (Phi) is 5.15. The summed E-state index contributed by atoms with van der Waals surface area (Å²) >= 11 is 11.4. The highest BCUT2D eigenvalue weighted by molar-refractivity contribution is 7.89. The summed E-state index contributed by atoms with van der Waals surface area (Å²) in [4.78, 5) is 10.7. The highest BCUT2D eigenvalue weighted by atomic mass is 35.5. The number of carbonyl (C=O) groups excluding carboxylic acids is 1. The maximum Gasteiger partial charge on any atom is 0.244 e. The average molecular weight is 309 g/mol. The zero-order chi connectivity index (χ0) is 13.8. The Hall–Kier alpha value is -1.08. The van der Waals surface area contributed by atoms with E-state index in [1.165, 1.54) is 18.2 Å². The predicted octanol–water partition coefficient (Wildman–Crippen LogP) is 1.53. The van der Waals surface area contributed by atoms with Gasteiger partial charge in [-0.05, 0) is 24.3 Å². The Morgan fingerprint density at radius 1 is 1.39 bits per heavy atom. The van der Waals surface area contributed by atoms with Crippen LogP contribution in [0.15, 0.2) is 35.7 Å². The second kappa shape index (κ2) is 6.19. The molecule has 0 spiro atoms. The highest BCUT2D eigenvalue weighted by Gasteiger charge is 2.17. The lowest BCUT2D eigenvalue weighted by atomic mass is 10.4. The number of rotatable bonds is 5. The molecule has 0 saturated carbocycles. The van der Waals surface area contributed by atoms with Crippen molar-refractivity contribution >= 4 is 39.1 Å². The first kappa shape index (κ1) is 15.0. The molecule has 0 unspecified atom stereocenters. The lowest BCUT2D eigenvalue weighted by molar-refractivity contribution is -0.116. The van der Waals surface area contributed by atoms with Crippen LogP contribution in [0.3, 0.4) is 0 Å². The quantitative estimate of drug-likeness (QED) is 0.640. The van der Waals surface area contributed by atoms with Gasteiger partial charge in [-0.25, -0.2) is 8.42 Å². The molecule has 5 nitrogen and oxygen atoms in total. The van der Waals surface area contributed by atoms with E-state index in [0.717, 1.165) is 6.08 Å². The third kappa shape index (κ3) is 3.99. The molecule has 1 aromatic carbocycles. The normalized spacial score (nSPS) is 11.0. The lowest BCUT2D eigenvalue weighted by Gasteiger charge is -2.08. The van der Waals surface area contributed by atoms with E-state index < -0.39 is 15.9 Å². The van der Waals surface area contributed by atoms with Gasteiger partial charge in [0.25, 0.3) is 0 Å². The Morgan fingerprint density at radius 3 is 2.61 bits per heavy atom. The molecule has 0 aliphatic heterocycles. The molecule has 0 aromatic heterocycles. The van der Waals surface area contributed by atoms with Crippen molar-refractivity contribution in [2.75, 3.05) is 6.67 Å². The minimum atomic E-state index is -3.80. The topological polar surface area (TPSA) is 75.3 Å². The summed E-state index contributed by atoms with van der Waals surface area (Å²) in [6.45, 7) is 2.97. The predicted molar refractivity (Wildman–Crippen MR) is 70.0 cm³/mol. The standard InChI is InChI=1S/C10H10Cl2N2O3S/c1-2-10(15)13-6-14-18(16,17)9-4-3-7(11)5-8(9)12/h2-5,14H,1,6H2,(H,13,15). The van der Waals surface area contributed by atoms with Crippen LogP contribution in [0.2, 0.25) is 10.0 Å². The van der Waals surface area contributed by atoms with E-state index >= 15 is 0 Å². The van der Waals surface area contributed by atoms with Gasteiger partial charge in [-0.2, -0.15) is 4.72 Å². The molecule has 18 heavy (non-hydrogen) atoms. The first-order valence-corrected chi connectivity index (χ1v) is 6.95. The van der Waals surface area contributed by atoms with E-state index in [-0.39, 0.29) is 16.6 Å². The van der Waals surface area contributed by atoms with Crippen molar-refractivity contribution in [1.29, 1.82) is 0 Å². The Labute approximate surface area is 115 Å². The Morgan fingerprint density at radius 2 is 2.06 bits per heavy atom. The number of carbonyl (C=O) groups is 1. The van der Waals surface area contributed by atoms with Gasteiger partial charge < -0.3 is 5.32 Å². The summed E-state index contributed by atoms with van der Waals surface area (Å²) in [7, 11) is -3.80. The van der Waals surface area contributed by atoms with Gasteiger partial charge in [0.05, 0.1) is 11.7 Å². The molecule has 0 saturated heterocycles. The monoisotopic (exact) mass is 308 g/mol. The molecule has 0 heterocycles. The van der Waals surface area contributed by atoms with Crippen LogP contribution < -0.4 is 10.0 Å². The molecule has 98 valence electrons. The average Bonchev–Trinajstić information content (AvgIpc) is 2.27. The summed E-state index contributed by atoms with van der Waals surface area (Å²) in [5, 5.41) is 2.61. The minimum absolute atomic E-state index is 0.00467. The van der Waals surface area contributed by atoms with E-state index in [9.17, 15) is 13.2 Å². The summed E-state index contributed by atoms with van der Waals surface area (Å²) in [6.07, 6.45) is 1.03. The van der Waals surface area contributed by atoms with Crippen LogP contribution in [0.4, 0.5) is 0 Å². The van der Waals surface area contributed by atoms with Crippen LogP contribution in [0.25, 0.3) is 0 Å². The number of hydrogen-bond acceptors (Lipinski definition) is 3. The highest BCUT2D eigenvalue weighted by Crippen LogP contribution is 2.24. The second-order valence-corrected chi connectivity index (χ2v) is 5.72. The molecule has 0 bridgehead atoms. The first-order chi connectivity index (χ1) is 8.36. The van der Waals surface area contributed by atoms with Gasteiger partial charge >= 0.3 is 0 Å². The van der Waals surface area contributed by atoms with Crippen molar-refractivity contribution in [1.82, 2.24) is 10.0 Å². The van der Waals surface area contributed by atoms with Crippen LogP contribution >= 0.6 is 23.2 Å². The molecular weight excluding hydrogens is 299 g/mol. The van der Waals surface area contributed by atoms with Crippen LogP contribution in [-0.4, -0.2) is 21.0 Å². The van der Waals surface area contributed by atoms with Crippen LogP contribution in [0.5, 0.6) is 0 Å². The second-order valence-electron chi connectivity index (χ2n) is 3.14. The van der Waals surface area contributed by atoms with Crippen LogP contribution in [-0.2, 0) is 14.8 Å². The van der Waals surface area contributed by atoms with Crippen LogP contribution in [0.1, 0.15) is 0 Å². The van der Waals surface area contributed by atoms with Crippen molar-refractivity contribution in [3.8, 4) is 0 Å². The van der Waals surface area contributed by atoms with Gasteiger partial charge in [0.1, 0.15) is 4.90 Å². The van der Waals surface area contributed by atoms with Gasteiger partial charge in [0.15, 0.2) is 0 Å². The van der Waals surface area contributed by atoms with Crippen molar-refractivity contribution < 1.29 is 13.2 Å². The van der Waals surface area contributed by atoms with Crippen LogP contribution in [0, 0.1) is 0 Å². The summed E-state index contributed by atoms with van der Waals surface area (Å²) in [6, 6.07) is 4.01. The number of sulfonamides is 1. The van der Waals surface area contributed by atoms with Crippen molar-refractivity contribution in [2.45, 2.75) is 4.90 Å². The summed E-state index contributed by atoms with van der Waals surface area (Å²) in [5.41, 5.74) is 0. The lowest BCUT2D eigenvalue weighted by Crippen LogP contribution is -2.36. The zero-order valence-corrected chi connectivity index (χ0v) is 11.4. The van der Waals surface area contributed by atoms with Gasteiger partial charge in [0, 0.05) is 5.02 Å². The molecule has 1 amide bonds. The van der Waals surface area contributed by atoms with Crippen molar-refractivity contribution in [3.63, 3.8) is 0 Å². The molecule has 0 radical (unpaired) electrons. The molecule has 0 fully saturated rings. The molecule has 0 aliphatic rings. The van der Waals surface area contributed by atoms with Crippen molar-refractivity contribution in [3.05, 3.63) is 40.9 Å². The van der Waals surface area contributed by atoms with E-state index in [0.29, 0.717) is 5.02 Å². The number of amides is 1. The smallest absolute Gasteiger partial charge is 0.244 e. The molecule has 8 heteroatoms. The third-order valence-corrected chi connectivity index (χ3v) is 4.01. The molecule has 0 aliphatic carbocycles. The fourth-order valence-corrected chi connectivity index (χ4v) is 2.76. The number of nitrogens with one attached hydrogen (secondary N) is 2. The molecule has 2 N–H and O–H groups in total. The number of hydrogen-bond donors (Lipinski definition) is 2. The third-order valence-electron chi connectivity index (χ3n) is 1.89. The molecule has 1 rings (SSSR count). The maximum absolute atomic E-state index is 11.8. The summed E-state index contributed by atoms with van der Waals surface area (Å²) in [5.74, 6) is -0.486. The fourth-order valence-electron chi connectivity index (χ4n) is 1.06. The Bertz CT molecular complexity index is 572. The van der Waals surface area contributed by atoms with Gasteiger partial charge in [-0.3, -0.25) is 4.79 Å². The minimum Gasteiger partial charge on any atom is -0.339 e. The zero-order valence-electron chi connectivity index (χ0n) is 9.11. The van der Waals surface area contributed by atoms with Gasteiger partial charge in [-0.1, -0.05) is 29.8 Å². The van der Waals surface area contributed by atoms with Gasteiger partial charge in [-0.15, -0.1) is 0 Å². The molecule has 0 atom stereocenters. The van der Waals surface area contributed by atoms with E-state index in [1.54, 1.807) is 0 Å².